The van der Waals surface area contributed by atoms with E-state index in [9.17, 15) is 0 Å². The van der Waals surface area contributed by atoms with Crippen LogP contribution < -0.4 is 5.73 Å². The molecule has 20 heavy (non-hydrogen) atoms. The van der Waals surface area contributed by atoms with Crippen molar-refractivity contribution in [3.8, 4) is 10.6 Å². The van der Waals surface area contributed by atoms with E-state index in [1.54, 1.807) is 0 Å². The Balaban J connectivity index is 2.00. The highest BCUT2D eigenvalue weighted by atomic mass is 35.5. The minimum Gasteiger partial charge on any atom is -0.380 e. The van der Waals surface area contributed by atoms with E-state index in [1.165, 1.54) is 11.3 Å². The van der Waals surface area contributed by atoms with Crippen LogP contribution in [-0.2, 0) is 0 Å². The number of aromatic nitrogens is 2. The minimum absolute atomic E-state index is 0.296. The molecule has 2 aromatic heterocycles. The van der Waals surface area contributed by atoms with Gasteiger partial charge in [-0.05, 0) is 23.6 Å². The number of halogens is 1. The summed E-state index contributed by atoms with van der Waals surface area (Å²) in [5.41, 5.74) is 7.75. The van der Waals surface area contributed by atoms with E-state index in [4.69, 9.17) is 17.3 Å². The van der Waals surface area contributed by atoms with Crippen LogP contribution in [0.3, 0.4) is 0 Å². The summed E-state index contributed by atoms with van der Waals surface area (Å²) in [6.45, 7) is 0. The van der Waals surface area contributed by atoms with Crippen LogP contribution in [0.1, 0.15) is 0 Å². The fourth-order valence-corrected chi connectivity index (χ4v) is 2.83. The third-order valence-corrected chi connectivity index (χ3v) is 3.99. The molecule has 0 saturated carbocycles. The van der Waals surface area contributed by atoms with Gasteiger partial charge in [0.15, 0.2) is 11.5 Å². The van der Waals surface area contributed by atoms with Gasteiger partial charge in [-0.3, -0.25) is 5.10 Å². The van der Waals surface area contributed by atoms with Gasteiger partial charge in [-0.1, -0.05) is 29.8 Å². The normalized spacial score (nSPS) is 11.2. The van der Waals surface area contributed by atoms with Crippen LogP contribution in [0.2, 0.25) is 5.02 Å². The summed E-state index contributed by atoms with van der Waals surface area (Å²) in [5.74, 6) is 0.296. The van der Waals surface area contributed by atoms with E-state index >= 15 is 0 Å². The zero-order chi connectivity index (χ0) is 13.9. The number of benzene rings is 1. The zero-order valence-electron chi connectivity index (χ0n) is 10.2. The summed E-state index contributed by atoms with van der Waals surface area (Å²) in [4.78, 5) is 0.845. The summed E-state index contributed by atoms with van der Waals surface area (Å²) in [7, 11) is 0. The number of hydrogen-bond donors (Lipinski definition) is 2. The van der Waals surface area contributed by atoms with Gasteiger partial charge in [0.2, 0.25) is 0 Å². The second-order valence-electron chi connectivity index (χ2n) is 3.97. The maximum atomic E-state index is 6.12. The molecule has 0 unspecified atom stereocenters. The van der Waals surface area contributed by atoms with Crippen LogP contribution in [0.5, 0.6) is 0 Å². The van der Waals surface area contributed by atoms with Gasteiger partial charge in [-0.25, -0.2) is 0 Å². The van der Waals surface area contributed by atoms with Crippen LogP contribution in [0.15, 0.2) is 52.0 Å². The van der Waals surface area contributed by atoms with Crippen LogP contribution in [0.4, 0.5) is 17.2 Å². The molecular weight excluding hydrogens is 294 g/mol. The van der Waals surface area contributed by atoms with E-state index in [1.807, 2.05) is 41.8 Å². The molecule has 3 N–H and O–H groups in total. The van der Waals surface area contributed by atoms with Crippen molar-refractivity contribution >= 4 is 40.1 Å². The van der Waals surface area contributed by atoms with Gasteiger partial charge in [0.1, 0.15) is 5.69 Å². The van der Waals surface area contributed by atoms with Crippen molar-refractivity contribution in [1.29, 1.82) is 0 Å². The summed E-state index contributed by atoms with van der Waals surface area (Å²) in [5, 5.41) is 17.7. The number of thiophene rings is 1. The van der Waals surface area contributed by atoms with Gasteiger partial charge in [0.05, 0.1) is 15.6 Å². The van der Waals surface area contributed by atoms with E-state index in [0.717, 1.165) is 10.6 Å². The molecule has 7 heteroatoms. The monoisotopic (exact) mass is 303 g/mol. The first-order chi connectivity index (χ1) is 9.75. The van der Waals surface area contributed by atoms with Gasteiger partial charge in [0, 0.05) is 0 Å². The van der Waals surface area contributed by atoms with E-state index in [-0.39, 0.29) is 0 Å². The predicted octanol–water partition coefficient (Wildman–Crippen LogP) is 4.79. The summed E-state index contributed by atoms with van der Waals surface area (Å²) >= 11 is 7.61. The number of nitrogens with zero attached hydrogens (tertiary/aromatic N) is 3. The molecular formula is C13H10ClN5S. The molecule has 0 aliphatic carbocycles. The zero-order valence-corrected chi connectivity index (χ0v) is 11.8. The molecule has 0 spiro atoms. The average Bonchev–Trinajstić information content (AvgIpc) is 3.04. The fraction of sp³-hybridized carbons (Fsp3) is 0. The van der Waals surface area contributed by atoms with E-state index in [0.29, 0.717) is 22.2 Å². The highest BCUT2D eigenvalue weighted by Gasteiger charge is 2.16. The molecule has 0 fully saturated rings. The van der Waals surface area contributed by atoms with Gasteiger partial charge >= 0.3 is 0 Å². The van der Waals surface area contributed by atoms with Crippen molar-refractivity contribution in [2.45, 2.75) is 0 Å². The Morgan fingerprint density at radius 1 is 1.15 bits per heavy atom. The molecule has 3 rings (SSSR count). The summed E-state index contributed by atoms with van der Waals surface area (Å²) < 4.78 is 0. The Hall–Kier alpha value is -2.18. The highest BCUT2D eigenvalue weighted by Crippen LogP contribution is 2.40. The molecule has 0 atom stereocenters. The third kappa shape index (κ3) is 2.43. The minimum atomic E-state index is 0.296. The lowest BCUT2D eigenvalue weighted by molar-refractivity contribution is 1.11. The Labute approximate surface area is 124 Å². The average molecular weight is 304 g/mol. The summed E-state index contributed by atoms with van der Waals surface area (Å²) in [6.07, 6.45) is 0. The van der Waals surface area contributed by atoms with Gasteiger partial charge in [0.25, 0.3) is 0 Å². The molecule has 2 heterocycles. The standard InChI is InChI=1S/C13H10ClN5S/c14-9-6-7-20-12(9)10-11(13(15)19-17-10)18-16-8-4-2-1-3-5-8/h1-7H,(H3,15,17,19). The number of anilines is 1. The van der Waals surface area contributed by atoms with Crippen molar-refractivity contribution in [1.82, 2.24) is 10.2 Å². The van der Waals surface area contributed by atoms with E-state index in [2.05, 4.69) is 20.4 Å². The molecule has 0 saturated heterocycles. The van der Waals surface area contributed by atoms with Gasteiger partial charge in [-0.2, -0.15) is 10.2 Å². The van der Waals surface area contributed by atoms with Crippen molar-refractivity contribution in [3.63, 3.8) is 0 Å². The summed E-state index contributed by atoms with van der Waals surface area (Å²) in [6, 6.07) is 11.2. The van der Waals surface area contributed by atoms with Crippen LogP contribution >= 0.6 is 22.9 Å². The van der Waals surface area contributed by atoms with Gasteiger partial charge in [-0.15, -0.1) is 16.5 Å². The quantitative estimate of drug-likeness (QED) is 0.682. The largest absolute Gasteiger partial charge is 0.380 e. The lowest BCUT2D eigenvalue weighted by Gasteiger charge is -1.96. The number of nitrogen functional groups attached to an aromatic ring is 1. The topological polar surface area (TPSA) is 79.4 Å². The maximum Gasteiger partial charge on any atom is 0.173 e. The number of azo groups is 1. The lowest BCUT2D eigenvalue weighted by Crippen LogP contribution is -1.83. The van der Waals surface area contributed by atoms with Crippen molar-refractivity contribution in [3.05, 3.63) is 46.8 Å². The number of hydrogen-bond acceptors (Lipinski definition) is 5. The number of H-pyrrole nitrogens is 1. The Bertz CT molecular complexity index is 747. The number of rotatable bonds is 3. The van der Waals surface area contributed by atoms with Gasteiger partial charge < -0.3 is 5.73 Å². The van der Waals surface area contributed by atoms with Crippen LogP contribution in [0, 0.1) is 0 Å². The number of nitrogens with two attached hydrogens (primary N) is 1. The third-order valence-electron chi connectivity index (χ3n) is 2.63. The van der Waals surface area contributed by atoms with Crippen molar-refractivity contribution < 1.29 is 0 Å². The molecule has 100 valence electrons. The van der Waals surface area contributed by atoms with Crippen LogP contribution in [0.25, 0.3) is 10.6 Å². The fourth-order valence-electron chi connectivity index (χ4n) is 1.68. The van der Waals surface area contributed by atoms with Crippen molar-refractivity contribution in [2.75, 3.05) is 5.73 Å². The SMILES string of the molecule is Nc1n[nH]c(-c2sccc2Cl)c1N=Nc1ccccc1. The second kappa shape index (κ2) is 5.44. The number of aromatic amines is 1. The first-order valence-corrected chi connectivity index (χ1v) is 7.05. The smallest absolute Gasteiger partial charge is 0.173 e. The lowest BCUT2D eigenvalue weighted by atomic mass is 10.3. The molecule has 5 nitrogen and oxygen atoms in total. The molecule has 0 amide bonds. The molecule has 3 aromatic rings. The van der Waals surface area contributed by atoms with E-state index < -0.39 is 0 Å². The Kier molecular flexibility index (Phi) is 3.49. The molecule has 0 aliphatic heterocycles. The highest BCUT2D eigenvalue weighted by molar-refractivity contribution is 7.14. The predicted molar refractivity (Wildman–Crippen MR) is 81.9 cm³/mol. The molecule has 0 aliphatic rings. The first-order valence-electron chi connectivity index (χ1n) is 5.79. The Morgan fingerprint density at radius 2 is 1.95 bits per heavy atom. The van der Waals surface area contributed by atoms with Crippen molar-refractivity contribution in [2.24, 2.45) is 10.2 Å². The first kappa shape index (κ1) is 12.8. The molecule has 1 aromatic carbocycles. The molecule has 0 bridgehead atoms. The van der Waals surface area contributed by atoms with Crippen LogP contribution in [-0.4, -0.2) is 10.2 Å². The second-order valence-corrected chi connectivity index (χ2v) is 5.29. The maximum absolute atomic E-state index is 6.12. The molecule has 0 radical (unpaired) electrons. The Morgan fingerprint density at radius 3 is 2.65 bits per heavy atom. The number of nitrogens with one attached hydrogen (secondary N) is 1.